The lowest BCUT2D eigenvalue weighted by molar-refractivity contribution is -0.160. The molecule has 16 heavy (non-hydrogen) atoms. The Morgan fingerprint density at radius 2 is 1.62 bits per heavy atom. The lowest BCUT2D eigenvalue weighted by atomic mass is 9.67. The average Bonchev–Trinajstić information content (AvgIpc) is 2.11. The summed E-state index contributed by atoms with van der Waals surface area (Å²) < 4.78 is 4.57. The highest BCUT2D eigenvalue weighted by Crippen LogP contribution is 2.38. The van der Waals surface area contributed by atoms with E-state index in [1.165, 1.54) is 6.92 Å². The van der Waals surface area contributed by atoms with Crippen LogP contribution in [-0.4, -0.2) is 18.5 Å². The molecular weight excluding hydrogens is 206 g/mol. The third kappa shape index (κ3) is 3.59. The van der Waals surface area contributed by atoms with E-state index >= 15 is 0 Å². The zero-order valence-corrected chi connectivity index (χ0v) is 10.9. The fourth-order valence-electron chi connectivity index (χ4n) is 2.08. The highest BCUT2D eigenvalue weighted by molar-refractivity contribution is 5.84. The smallest absolute Gasteiger partial charge is 0.314 e. The van der Waals surface area contributed by atoms with Gasteiger partial charge in [0.1, 0.15) is 0 Å². The Morgan fingerprint density at radius 3 is 1.88 bits per heavy atom. The van der Waals surface area contributed by atoms with Crippen molar-refractivity contribution >= 4 is 11.9 Å². The third-order valence-electron chi connectivity index (χ3n) is 3.41. The number of esters is 2. The predicted molar refractivity (Wildman–Crippen MR) is 62.6 cm³/mol. The van der Waals surface area contributed by atoms with Crippen LogP contribution in [0.25, 0.3) is 0 Å². The van der Waals surface area contributed by atoms with Gasteiger partial charge in [-0.1, -0.05) is 27.7 Å². The Morgan fingerprint density at radius 1 is 1.19 bits per heavy atom. The van der Waals surface area contributed by atoms with Gasteiger partial charge in [-0.2, -0.15) is 0 Å². The molecule has 0 radical (unpaired) electrons. The number of hydrogen-bond donors (Lipinski definition) is 1. The van der Waals surface area contributed by atoms with Gasteiger partial charge in [0.15, 0.2) is 0 Å². The molecule has 0 fully saturated rings. The Balaban J connectivity index is 4.79. The molecule has 4 heteroatoms. The van der Waals surface area contributed by atoms with Crippen LogP contribution >= 0.6 is 0 Å². The van der Waals surface area contributed by atoms with E-state index < -0.39 is 11.9 Å². The molecule has 0 amide bonds. The molecule has 0 aliphatic heterocycles. The Bertz CT molecular complexity index is 251. The molecule has 0 aromatic carbocycles. The molecule has 2 N–H and O–H groups in total. The maximum Gasteiger partial charge on any atom is 0.314 e. The van der Waals surface area contributed by atoms with Crippen molar-refractivity contribution in [2.45, 2.75) is 41.0 Å². The highest BCUT2D eigenvalue weighted by Gasteiger charge is 2.38. The van der Waals surface area contributed by atoms with Crippen molar-refractivity contribution in [3.63, 3.8) is 0 Å². The summed E-state index contributed by atoms with van der Waals surface area (Å²) >= 11 is 0. The van der Waals surface area contributed by atoms with Crippen molar-refractivity contribution < 1.29 is 14.3 Å². The molecule has 0 aliphatic rings. The number of nitrogens with two attached hydrogens (primary N) is 1. The summed E-state index contributed by atoms with van der Waals surface area (Å²) in [6.45, 7) is 9.78. The highest BCUT2D eigenvalue weighted by atomic mass is 16.6. The SMILES string of the molecule is CC(=O)OC(=O)CC(CN)(C(C)C)C(C)C. The molecule has 0 heterocycles. The van der Waals surface area contributed by atoms with Crippen molar-refractivity contribution in [2.75, 3.05) is 6.54 Å². The molecule has 4 nitrogen and oxygen atoms in total. The van der Waals surface area contributed by atoms with Gasteiger partial charge < -0.3 is 10.5 Å². The molecule has 0 aliphatic carbocycles. The number of ether oxygens (including phenoxy) is 1. The van der Waals surface area contributed by atoms with Gasteiger partial charge in [-0.25, -0.2) is 0 Å². The van der Waals surface area contributed by atoms with Crippen LogP contribution in [0.2, 0.25) is 0 Å². The maximum atomic E-state index is 11.5. The minimum Gasteiger partial charge on any atom is -0.393 e. The van der Waals surface area contributed by atoms with Crippen molar-refractivity contribution in [2.24, 2.45) is 23.0 Å². The Hall–Kier alpha value is -0.900. The van der Waals surface area contributed by atoms with Crippen LogP contribution < -0.4 is 5.73 Å². The molecule has 0 saturated carbocycles. The van der Waals surface area contributed by atoms with E-state index in [9.17, 15) is 9.59 Å². The zero-order valence-electron chi connectivity index (χ0n) is 10.9. The predicted octanol–water partition coefficient (Wildman–Crippen LogP) is 1.72. The van der Waals surface area contributed by atoms with E-state index in [4.69, 9.17) is 5.73 Å². The number of hydrogen-bond acceptors (Lipinski definition) is 4. The first-order valence-corrected chi connectivity index (χ1v) is 5.67. The summed E-state index contributed by atoms with van der Waals surface area (Å²) in [6, 6.07) is 0. The average molecular weight is 229 g/mol. The van der Waals surface area contributed by atoms with Gasteiger partial charge >= 0.3 is 11.9 Å². The van der Waals surface area contributed by atoms with Crippen molar-refractivity contribution in [1.29, 1.82) is 0 Å². The zero-order chi connectivity index (χ0) is 12.9. The van der Waals surface area contributed by atoms with Crippen LogP contribution in [0.15, 0.2) is 0 Å². The van der Waals surface area contributed by atoms with E-state index in [1.54, 1.807) is 0 Å². The molecular formula is C12H23NO3. The Labute approximate surface area is 97.5 Å². The second-order valence-electron chi connectivity index (χ2n) is 4.89. The first kappa shape index (κ1) is 15.1. The molecule has 94 valence electrons. The largest absolute Gasteiger partial charge is 0.393 e. The second kappa shape index (κ2) is 5.99. The van der Waals surface area contributed by atoms with Gasteiger partial charge in [0.05, 0.1) is 6.42 Å². The van der Waals surface area contributed by atoms with Crippen molar-refractivity contribution in [1.82, 2.24) is 0 Å². The molecule has 0 aromatic heterocycles. The standard InChI is InChI=1S/C12H23NO3/c1-8(2)12(7-13,9(3)4)6-11(15)16-10(5)14/h8-9H,6-7,13H2,1-5H3. The van der Waals surface area contributed by atoms with Crippen molar-refractivity contribution in [3.05, 3.63) is 0 Å². The van der Waals surface area contributed by atoms with Gasteiger partial charge in [-0.15, -0.1) is 0 Å². The van der Waals surface area contributed by atoms with E-state index in [0.29, 0.717) is 6.54 Å². The first-order valence-electron chi connectivity index (χ1n) is 5.67. The summed E-state index contributed by atoms with van der Waals surface area (Å²) in [5, 5.41) is 0. The van der Waals surface area contributed by atoms with Crippen LogP contribution in [0.1, 0.15) is 41.0 Å². The minimum absolute atomic E-state index is 0.193. The fraction of sp³-hybridized carbons (Fsp3) is 0.833. The molecule has 0 atom stereocenters. The van der Waals surface area contributed by atoms with Crippen LogP contribution in [0.4, 0.5) is 0 Å². The topological polar surface area (TPSA) is 69.4 Å². The van der Waals surface area contributed by atoms with Crippen LogP contribution in [0.5, 0.6) is 0 Å². The van der Waals surface area contributed by atoms with Gasteiger partial charge in [-0.05, 0) is 23.8 Å². The monoisotopic (exact) mass is 229 g/mol. The van der Waals surface area contributed by atoms with Crippen LogP contribution in [0, 0.1) is 17.3 Å². The Kier molecular flexibility index (Phi) is 5.65. The number of carbonyl (C=O) groups excluding carboxylic acids is 2. The molecule has 0 aromatic rings. The van der Waals surface area contributed by atoms with Gasteiger partial charge in [0.2, 0.25) is 0 Å². The third-order valence-corrected chi connectivity index (χ3v) is 3.41. The molecule has 0 rings (SSSR count). The summed E-state index contributed by atoms with van der Waals surface area (Å²) in [4.78, 5) is 22.2. The van der Waals surface area contributed by atoms with E-state index in [0.717, 1.165) is 0 Å². The van der Waals surface area contributed by atoms with Crippen LogP contribution in [-0.2, 0) is 14.3 Å². The fourth-order valence-corrected chi connectivity index (χ4v) is 2.08. The molecule has 0 spiro atoms. The minimum atomic E-state index is -0.566. The molecule has 0 bridgehead atoms. The first-order chi connectivity index (χ1) is 7.26. The van der Waals surface area contributed by atoms with Gasteiger partial charge in [0, 0.05) is 6.92 Å². The lowest BCUT2D eigenvalue weighted by Crippen LogP contribution is -2.42. The van der Waals surface area contributed by atoms with Crippen LogP contribution in [0.3, 0.4) is 0 Å². The normalized spacial score (nSPS) is 12.0. The summed E-state index contributed by atoms with van der Waals surface area (Å²) in [5.41, 5.74) is 5.50. The summed E-state index contributed by atoms with van der Waals surface area (Å²) in [6.07, 6.45) is 0.193. The van der Waals surface area contributed by atoms with Gasteiger partial charge in [0.25, 0.3) is 0 Å². The molecule has 0 saturated heterocycles. The number of carbonyl (C=O) groups is 2. The maximum absolute atomic E-state index is 11.5. The van der Waals surface area contributed by atoms with Gasteiger partial charge in [-0.3, -0.25) is 9.59 Å². The lowest BCUT2D eigenvalue weighted by Gasteiger charge is -2.39. The summed E-state index contributed by atoms with van der Waals surface area (Å²) in [5.74, 6) is -0.530. The number of rotatable bonds is 5. The molecule has 0 unspecified atom stereocenters. The quantitative estimate of drug-likeness (QED) is 0.575. The van der Waals surface area contributed by atoms with E-state index in [-0.39, 0.29) is 23.7 Å². The van der Waals surface area contributed by atoms with E-state index in [2.05, 4.69) is 4.74 Å². The van der Waals surface area contributed by atoms with E-state index in [1.807, 2.05) is 27.7 Å². The summed E-state index contributed by atoms with van der Waals surface area (Å²) in [7, 11) is 0. The second-order valence-corrected chi connectivity index (χ2v) is 4.89. The van der Waals surface area contributed by atoms with Crippen molar-refractivity contribution in [3.8, 4) is 0 Å².